The number of nitrogens with one attached hydrogen (secondary N) is 1. The van der Waals surface area contributed by atoms with Crippen molar-refractivity contribution in [2.45, 2.75) is 44.7 Å². The predicted molar refractivity (Wildman–Crippen MR) is 71.3 cm³/mol. The molecular weight excluding hydrogens is 210 g/mol. The number of ether oxygens (including phenoxy) is 1. The van der Waals surface area contributed by atoms with Gasteiger partial charge in [0.05, 0.1) is 6.61 Å². The molecule has 1 aromatic carbocycles. The molecule has 17 heavy (non-hydrogen) atoms. The molecule has 3 unspecified atom stereocenters. The van der Waals surface area contributed by atoms with Gasteiger partial charge in [-0.05, 0) is 36.8 Å². The summed E-state index contributed by atoms with van der Waals surface area (Å²) in [5.41, 5.74) is 3.00. The first-order valence-electron chi connectivity index (χ1n) is 6.56. The molecule has 1 N–H and O–H groups in total. The number of hydrogen-bond acceptors (Lipinski definition) is 2. The Bertz CT molecular complexity index is 364. The Kier molecular flexibility index (Phi) is 4.19. The van der Waals surface area contributed by atoms with E-state index in [1.165, 1.54) is 24.0 Å². The van der Waals surface area contributed by atoms with Crippen molar-refractivity contribution in [2.75, 3.05) is 13.7 Å². The fraction of sp³-hybridized carbons (Fsp3) is 0.600. The first-order chi connectivity index (χ1) is 8.22. The van der Waals surface area contributed by atoms with Gasteiger partial charge in [-0.25, -0.2) is 0 Å². The average Bonchev–Trinajstić information content (AvgIpc) is 2.34. The van der Waals surface area contributed by atoms with Gasteiger partial charge in [-0.1, -0.05) is 31.2 Å². The Balaban J connectivity index is 2.13. The fourth-order valence-electron chi connectivity index (χ4n) is 2.82. The number of rotatable bonds is 4. The second-order valence-corrected chi connectivity index (χ2v) is 5.18. The Labute approximate surface area is 104 Å². The third-order valence-electron chi connectivity index (χ3n) is 3.69. The van der Waals surface area contributed by atoms with E-state index in [1.807, 2.05) is 0 Å². The van der Waals surface area contributed by atoms with Crippen LogP contribution in [0.1, 0.15) is 49.8 Å². The van der Waals surface area contributed by atoms with E-state index in [0.717, 1.165) is 6.61 Å². The molecule has 0 heterocycles. The lowest BCUT2D eigenvalue weighted by Gasteiger charge is -2.32. The second-order valence-electron chi connectivity index (χ2n) is 5.18. The largest absolute Gasteiger partial charge is 0.383 e. The molecule has 0 aromatic heterocycles. The van der Waals surface area contributed by atoms with Crippen LogP contribution < -0.4 is 5.32 Å². The van der Waals surface area contributed by atoms with Crippen LogP contribution in [0, 0.1) is 0 Å². The standard InChI is InChI=1S/C15H23NO/c1-11-8-9-15(16-12(2)10-17-3)14-7-5-4-6-13(11)14/h4-7,11-12,15-16H,8-10H2,1-3H3. The summed E-state index contributed by atoms with van der Waals surface area (Å²) in [7, 11) is 1.76. The molecule has 1 aromatic rings. The van der Waals surface area contributed by atoms with E-state index in [0.29, 0.717) is 18.0 Å². The van der Waals surface area contributed by atoms with Crippen molar-refractivity contribution < 1.29 is 4.74 Å². The number of methoxy groups -OCH3 is 1. The highest BCUT2D eigenvalue weighted by molar-refractivity contribution is 5.34. The molecule has 0 aliphatic heterocycles. The Morgan fingerprint density at radius 3 is 2.71 bits per heavy atom. The van der Waals surface area contributed by atoms with E-state index >= 15 is 0 Å². The van der Waals surface area contributed by atoms with Crippen molar-refractivity contribution in [2.24, 2.45) is 0 Å². The van der Waals surface area contributed by atoms with Crippen molar-refractivity contribution in [3.63, 3.8) is 0 Å². The van der Waals surface area contributed by atoms with Crippen LogP contribution in [0.4, 0.5) is 0 Å². The molecule has 2 nitrogen and oxygen atoms in total. The summed E-state index contributed by atoms with van der Waals surface area (Å²) in [4.78, 5) is 0. The van der Waals surface area contributed by atoms with Gasteiger partial charge in [0.1, 0.15) is 0 Å². The summed E-state index contributed by atoms with van der Waals surface area (Å²) >= 11 is 0. The molecule has 0 amide bonds. The maximum absolute atomic E-state index is 5.19. The summed E-state index contributed by atoms with van der Waals surface area (Å²) in [5.74, 6) is 0.696. The highest BCUT2D eigenvalue weighted by Gasteiger charge is 2.24. The average molecular weight is 233 g/mol. The first-order valence-corrected chi connectivity index (χ1v) is 6.56. The van der Waals surface area contributed by atoms with E-state index in [2.05, 4.69) is 43.4 Å². The first kappa shape index (κ1) is 12.6. The third kappa shape index (κ3) is 2.88. The lowest BCUT2D eigenvalue weighted by atomic mass is 9.81. The quantitative estimate of drug-likeness (QED) is 0.862. The maximum Gasteiger partial charge on any atom is 0.0613 e. The van der Waals surface area contributed by atoms with Crippen molar-refractivity contribution in [1.82, 2.24) is 5.32 Å². The SMILES string of the molecule is COCC(C)NC1CCC(C)c2ccccc21. The second kappa shape index (κ2) is 5.65. The summed E-state index contributed by atoms with van der Waals surface area (Å²) in [6.07, 6.45) is 2.50. The van der Waals surface area contributed by atoms with E-state index in [9.17, 15) is 0 Å². The normalized spacial score (nSPS) is 25.4. The topological polar surface area (TPSA) is 21.3 Å². The molecule has 0 fully saturated rings. The zero-order valence-corrected chi connectivity index (χ0v) is 11.1. The Morgan fingerprint density at radius 1 is 1.29 bits per heavy atom. The molecule has 2 rings (SSSR count). The molecule has 0 saturated carbocycles. The predicted octanol–water partition coefficient (Wildman–Crippen LogP) is 3.25. The maximum atomic E-state index is 5.19. The molecule has 0 radical (unpaired) electrons. The molecule has 2 heteroatoms. The molecule has 94 valence electrons. The minimum Gasteiger partial charge on any atom is -0.383 e. The Hall–Kier alpha value is -0.860. The molecule has 1 aliphatic rings. The molecule has 3 atom stereocenters. The lowest BCUT2D eigenvalue weighted by Crippen LogP contribution is -2.35. The zero-order valence-electron chi connectivity index (χ0n) is 11.1. The third-order valence-corrected chi connectivity index (χ3v) is 3.69. The summed E-state index contributed by atoms with van der Waals surface area (Å²) in [5, 5.41) is 3.67. The van der Waals surface area contributed by atoms with Gasteiger partial charge in [0.25, 0.3) is 0 Å². The monoisotopic (exact) mass is 233 g/mol. The number of fused-ring (bicyclic) bond motifs is 1. The van der Waals surface area contributed by atoms with Gasteiger partial charge in [-0.15, -0.1) is 0 Å². The van der Waals surface area contributed by atoms with Crippen molar-refractivity contribution in [3.8, 4) is 0 Å². The number of hydrogen-bond donors (Lipinski definition) is 1. The van der Waals surface area contributed by atoms with Crippen molar-refractivity contribution >= 4 is 0 Å². The Morgan fingerprint density at radius 2 is 2.00 bits per heavy atom. The van der Waals surface area contributed by atoms with Crippen LogP contribution in [0.25, 0.3) is 0 Å². The van der Waals surface area contributed by atoms with Crippen molar-refractivity contribution in [1.29, 1.82) is 0 Å². The van der Waals surface area contributed by atoms with Gasteiger partial charge >= 0.3 is 0 Å². The minimum absolute atomic E-state index is 0.409. The molecule has 1 aliphatic carbocycles. The molecule has 0 saturated heterocycles. The van der Waals surface area contributed by atoms with Crippen molar-refractivity contribution in [3.05, 3.63) is 35.4 Å². The highest BCUT2D eigenvalue weighted by atomic mass is 16.5. The van der Waals surface area contributed by atoms with Crippen LogP contribution in [0.3, 0.4) is 0 Å². The molecule has 0 spiro atoms. The molecule has 0 bridgehead atoms. The minimum atomic E-state index is 0.409. The van der Waals surface area contributed by atoms with Crippen LogP contribution in [0.15, 0.2) is 24.3 Å². The van der Waals surface area contributed by atoms with Crippen LogP contribution in [0.2, 0.25) is 0 Å². The lowest BCUT2D eigenvalue weighted by molar-refractivity contribution is 0.164. The highest BCUT2D eigenvalue weighted by Crippen LogP contribution is 2.37. The fourth-order valence-corrected chi connectivity index (χ4v) is 2.82. The van der Waals surface area contributed by atoms with Crippen LogP contribution in [0.5, 0.6) is 0 Å². The van der Waals surface area contributed by atoms with E-state index in [4.69, 9.17) is 4.74 Å². The van der Waals surface area contributed by atoms with Gasteiger partial charge in [0, 0.05) is 19.2 Å². The smallest absolute Gasteiger partial charge is 0.0613 e. The van der Waals surface area contributed by atoms with Gasteiger partial charge in [0.15, 0.2) is 0 Å². The summed E-state index contributed by atoms with van der Waals surface area (Å²) in [6.45, 7) is 5.28. The van der Waals surface area contributed by atoms with Crippen LogP contribution in [-0.2, 0) is 4.74 Å². The summed E-state index contributed by atoms with van der Waals surface area (Å²) < 4.78 is 5.19. The number of benzene rings is 1. The van der Waals surface area contributed by atoms with Crippen LogP contribution >= 0.6 is 0 Å². The van der Waals surface area contributed by atoms with Gasteiger partial charge in [-0.3, -0.25) is 0 Å². The van der Waals surface area contributed by atoms with Crippen LogP contribution in [-0.4, -0.2) is 19.8 Å². The van der Waals surface area contributed by atoms with E-state index in [1.54, 1.807) is 7.11 Å². The summed E-state index contributed by atoms with van der Waals surface area (Å²) in [6, 6.07) is 9.74. The van der Waals surface area contributed by atoms with Gasteiger partial charge < -0.3 is 10.1 Å². The molecular formula is C15H23NO. The zero-order chi connectivity index (χ0) is 12.3. The van der Waals surface area contributed by atoms with E-state index < -0.39 is 0 Å². The van der Waals surface area contributed by atoms with Gasteiger partial charge in [-0.2, -0.15) is 0 Å². The van der Waals surface area contributed by atoms with Gasteiger partial charge in [0.2, 0.25) is 0 Å². The van der Waals surface area contributed by atoms with E-state index in [-0.39, 0.29) is 0 Å².